The number of amides is 1. The number of para-hydroxylation sites is 1. The van der Waals surface area contributed by atoms with Gasteiger partial charge in [-0.25, -0.2) is 0 Å². The summed E-state index contributed by atoms with van der Waals surface area (Å²) in [6.07, 6.45) is 1.90. The van der Waals surface area contributed by atoms with Gasteiger partial charge in [0.15, 0.2) is 0 Å². The van der Waals surface area contributed by atoms with Crippen molar-refractivity contribution in [2.45, 2.75) is 33.1 Å². The fourth-order valence-electron chi connectivity index (χ4n) is 4.02. The van der Waals surface area contributed by atoms with E-state index in [1.165, 1.54) is 11.3 Å². The second kappa shape index (κ2) is 8.37. The fourth-order valence-corrected chi connectivity index (χ4v) is 4.22. The molecule has 152 valence electrons. The van der Waals surface area contributed by atoms with Gasteiger partial charge in [-0.1, -0.05) is 44.3 Å². The maximum absolute atomic E-state index is 12.7. The summed E-state index contributed by atoms with van der Waals surface area (Å²) < 4.78 is 0. The topological polar surface area (TPSA) is 35.6 Å². The molecule has 2 aromatic rings. The summed E-state index contributed by atoms with van der Waals surface area (Å²) in [7, 11) is 2.04. The van der Waals surface area contributed by atoms with E-state index in [2.05, 4.69) is 61.0 Å². The lowest BCUT2D eigenvalue weighted by molar-refractivity contribution is 0.0978. The van der Waals surface area contributed by atoms with Gasteiger partial charge in [0, 0.05) is 48.2 Å². The first-order valence-corrected chi connectivity index (χ1v) is 10.5. The molecule has 2 aromatic carbocycles. The number of benzene rings is 2. The first-order chi connectivity index (χ1) is 13.8. The Bertz CT molecular complexity index is 943. The lowest BCUT2D eigenvalue weighted by Crippen LogP contribution is -2.31. The summed E-state index contributed by atoms with van der Waals surface area (Å²) in [4.78, 5) is 17.5. The Balaban J connectivity index is 1.75. The zero-order valence-corrected chi connectivity index (χ0v) is 18.6. The van der Waals surface area contributed by atoms with Crippen molar-refractivity contribution in [3.63, 3.8) is 0 Å². The normalized spacial score (nSPS) is 15.9. The molecular weight excluding hydrogens is 378 g/mol. The van der Waals surface area contributed by atoms with Crippen molar-refractivity contribution in [3.8, 4) is 0 Å². The van der Waals surface area contributed by atoms with E-state index in [0.29, 0.717) is 10.6 Å². The predicted molar refractivity (Wildman–Crippen MR) is 126 cm³/mol. The van der Waals surface area contributed by atoms with Gasteiger partial charge in [0.1, 0.15) is 4.99 Å². The zero-order chi connectivity index (χ0) is 21.2. The third-order valence-corrected chi connectivity index (χ3v) is 5.92. The van der Waals surface area contributed by atoms with Gasteiger partial charge in [0.25, 0.3) is 5.91 Å². The number of anilines is 2. The molecule has 1 aliphatic rings. The molecule has 29 heavy (non-hydrogen) atoms. The second-order valence-electron chi connectivity index (χ2n) is 7.77. The summed E-state index contributed by atoms with van der Waals surface area (Å²) in [5.74, 6) is -0.186. The Hall–Kier alpha value is -2.66. The van der Waals surface area contributed by atoms with Crippen molar-refractivity contribution < 1.29 is 4.79 Å². The number of likely N-dealkylation sites (N-methyl/N-ethyl adjacent to an activating group) is 1. The molecule has 0 aromatic heterocycles. The van der Waals surface area contributed by atoms with Gasteiger partial charge >= 0.3 is 0 Å². The van der Waals surface area contributed by atoms with Gasteiger partial charge in [-0.2, -0.15) is 0 Å². The van der Waals surface area contributed by atoms with Crippen molar-refractivity contribution in [1.82, 2.24) is 5.32 Å². The molecule has 1 heterocycles. The third-order valence-electron chi connectivity index (χ3n) is 5.70. The number of carbonyl (C=O) groups excluding carboxylic acids is 1. The molecule has 3 rings (SSSR count). The minimum Gasteiger partial charge on any atom is -0.372 e. The lowest BCUT2D eigenvalue weighted by Gasteiger charge is -2.24. The van der Waals surface area contributed by atoms with E-state index >= 15 is 0 Å². The van der Waals surface area contributed by atoms with Gasteiger partial charge in [0.2, 0.25) is 0 Å². The Morgan fingerprint density at radius 3 is 2.31 bits per heavy atom. The minimum atomic E-state index is -0.186. The largest absolute Gasteiger partial charge is 0.372 e. The van der Waals surface area contributed by atoms with Crippen LogP contribution in [0.15, 0.2) is 60.3 Å². The summed E-state index contributed by atoms with van der Waals surface area (Å²) in [6.45, 7) is 10.5. The van der Waals surface area contributed by atoms with Crippen LogP contribution >= 0.6 is 12.2 Å². The highest BCUT2D eigenvalue weighted by Crippen LogP contribution is 2.46. The molecule has 0 spiro atoms. The van der Waals surface area contributed by atoms with E-state index < -0.39 is 0 Å². The van der Waals surface area contributed by atoms with Gasteiger partial charge in [-0.15, -0.1) is 0 Å². The highest BCUT2D eigenvalue weighted by atomic mass is 32.1. The Kier molecular flexibility index (Phi) is 6.08. The number of nitrogens with zero attached hydrogens (tertiary/aromatic N) is 2. The zero-order valence-electron chi connectivity index (χ0n) is 17.8. The third kappa shape index (κ3) is 4.06. The first kappa shape index (κ1) is 21.1. The van der Waals surface area contributed by atoms with Crippen LogP contribution in [0.1, 0.15) is 43.6 Å². The van der Waals surface area contributed by atoms with Crippen molar-refractivity contribution in [2.24, 2.45) is 0 Å². The molecule has 0 saturated carbocycles. The van der Waals surface area contributed by atoms with Gasteiger partial charge in [-0.05, 0) is 55.8 Å². The number of nitrogens with one attached hydrogen (secondary N) is 1. The van der Waals surface area contributed by atoms with E-state index in [1.54, 1.807) is 0 Å². The summed E-state index contributed by atoms with van der Waals surface area (Å²) in [6, 6.07) is 16.0. The molecule has 5 heteroatoms. The minimum absolute atomic E-state index is 0.175. The molecule has 0 saturated heterocycles. The predicted octanol–water partition coefficient (Wildman–Crippen LogP) is 4.90. The number of allylic oxidation sites excluding steroid dienone is 1. The molecule has 1 N–H and O–H groups in total. The van der Waals surface area contributed by atoms with Crippen molar-refractivity contribution in [3.05, 3.63) is 71.4 Å². The second-order valence-corrected chi connectivity index (χ2v) is 8.21. The lowest BCUT2D eigenvalue weighted by atomic mass is 9.84. The standard InChI is InChI=1S/C24H29N3OS/c1-6-27(7-2)18-14-12-17(13-15-18)23(28)25-22(29)16-21-24(3,4)19-10-8-9-11-20(19)26(21)5/h8-16H,6-7H2,1-5H3,(H,25,28,29). The molecule has 0 aliphatic carbocycles. The molecule has 0 atom stereocenters. The number of rotatable bonds is 5. The SMILES string of the molecule is CCN(CC)c1ccc(C(=O)NC(=S)C=C2N(C)c3ccccc3C2(C)C)cc1. The Morgan fingerprint density at radius 2 is 1.72 bits per heavy atom. The van der Waals surface area contributed by atoms with Crippen LogP contribution in [0.5, 0.6) is 0 Å². The molecule has 0 fully saturated rings. The van der Waals surface area contributed by atoms with Crippen molar-refractivity contribution >= 4 is 34.5 Å². The maximum Gasteiger partial charge on any atom is 0.256 e. The molecule has 0 unspecified atom stereocenters. The van der Waals surface area contributed by atoms with Crippen molar-refractivity contribution in [2.75, 3.05) is 29.9 Å². The van der Waals surface area contributed by atoms with Crippen LogP contribution in [0.3, 0.4) is 0 Å². The summed E-state index contributed by atoms with van der Waals surface area (Å²) in [5.41, 5.74) is 5.04. The van der Waals surface area contributed by atoms with E-state index in [-0.39, 0.29) is 11.3 Å². The highest BCUT2D eigenvalue weighted by molar-refractivity contribution is 7.80. The van der Waals surface area contributed by atoms with Crippen LogP contribution in [-0.2, 0) is 5.41 Å². The van der Waals surface area contributed by atoms with Crippen LogP contribution in [0.25, 0.3) is 0 Å². The number of carbonyl (C=O) groups is 1. The number of thiocarbonyl (C=S) groups is 1. The summed E-state index contributed by atoms with van der Waals surface area (Å²) >= 11 is 5.49. The molecular formula is C24H29N3OS. The number of hydrogen-bond donors (Lipinski definition) is 1. The van der Waals surface area contributed by atoms with E-state index in [9.17, 15) is 4.79 Å². The summed E-state index contributed by atoms with van der Waals surface area (Å²) in [5, 5.41) is 2.86. The molecule has 1 amide bonds. The van der Waals surface area contributed by atoms with Crippen LogP contribution in [0, 0.1) is 0 Å². The smallest absolute Gasteiger partial charge is 0.256 e. The van der Waals surface area contributed by atoms with Crippen LogP contribution in [0.2, 0.25) is 0 Å². The molecule has 0 radical (unpaired) electrons. The van der Waals surface area contributed by atoms with E-state index in [4.69, 9.17) is 12.2 Å². The molecule has 4 nitrogen and oxygen atoms in total. The Labute approximate surface area is 179 Å². The van der Waals surface area contributed by atoms with Crippen LogP contribution in [-0.4, -0.2) is 31.0 Å². The van der Waals surface area contributed by atoms with Gasteiger partial charge < -0.3 is 15.1 Å². The molecule has 0 bridgehead atoms. The maximum atomic E-state index is 12.7. The fraction of sp³-hybridized carbons (Fsp3) is 0.333. The van der Waals surface area contributed by atoms with Crippen LogP contribution < -0.4 is 15.1 Å². The van der Waals surface area contributed by atoms with Crippen LogP contribution in [0.4, 0.5) is 11.4 Å². The quantitative estimate of drug-likeness (QED) is 0.565. The number of hydrogen-bond acceptors (Lipinski definition) is 4. The average molecular weight is 408 g/mol. The van der Waals surface area contributed by atoms with E-state index in [1.807, 2.05) is 43.5 Å². The average Bonchev–Trinajstić information content (AvgIpc) is 2.90. The Morgan fingerprint density at radius 1 is 1.10 bits per heavy atom. The van der Waals surface area contributed by atoms with E-state index in [0.717, 1.165) is 24.5 Å². The molecule has 1 aliphatic heterocycles. The van der Waals surface area contributed by atoms with Crippen molar-refractivity contribution in [1.29, 1.82) is 0 Å². The highest BCUT2D eigenvalue weighted by Gasteiger charge is 2.38. The number of fused-ring (bicyclic) bond motifs is 1. The van der Waals surface area contributed by atoms with Gasteiger partial charge in [0.05, 0.1) is 0 Å². The van der Waals surface area contributed by atoms with Gasteiger partial charge in [-0.3, -0.25) is 4.79 Å². The first-order valence-electron chi connectivity index (χ1n) is 10.0. The monoisotopic (exact) mass is 407 g/mol.